The number of hydrogen-bond donors (Lipinski definition) is 1. The van der Waals surface area contributed by atoms with E-state index in [0.29, 0.717) is 12.0 Å². The number of fused-ring (bicyclic) bond motifs is 1. The Balaban J connectivity index is 1.55. The molecule has 5 heteroatoms. The van der Waals surface area contributed by atoms with Crippen molar-refractivity contribution in [2.24, 2.45) is 5.92 Å². The number of anilines is 1. The Morgan fingerprint density at radius 2 is 1.90 bits per heavy atom. The molecule has 2 aromatic carbocycles. The van der Waals surface area contributed by atoms with Gasteiger partial charge in [0.05, 0.1) is 11.4 Å². The molecule has 29 heavy (non-hydrogen) atoms. The van der Waals surface area contributed by atoms with Crippen LogP contribution in [0.25, 0.3) is 0 Å². The van der Waals surface area contributed by atoms with Gasteiger partial charge in [-0.2, -0.15) is 0 Å². The molecule has 1 N–H and O–H groups in total. The third kappa shape index (κ3) is 3.10. The Bertz CT molecular complexity index is 1000. The van der Waals surface area contributed by atoms with Gasteiger partial charge in [-0.15, -0.1) is 0 Å². The summed E-state index contributed by atoms with van der Waals surface area (Å²) in [4.78, 5) is 0. The number of sulfonamides is 1. The highest BCUT2D eigenvalue weighted by molar-refractivity contribution is 7.92. The van der Waals surface area contributed by atoms with Gasteiger partial charge in [-0.3, -0.25) is 4.31 Å². The van der Waals surface area contributed by atoms with Gasteiger partial charge in [0.2, 0.25) is 10.0 Å². The molecule has 0 spiro atoms. The fraction of sp³-hybridized carbons (Fsp3) is 0.500. The van der Waals surface area contributed by atoms with Crippen molar-refractivity contribution >= 4 is 15.7 Å². The van der Waals surface area contributed by atoms with E-state index in [1.807, 2.05) is 36.4 Å². The molecule has 5 rings (SSSR count). The highest BCUT2D eigenvalue weighted by Gasteiger charge is 2.52. The van der Waals surface area contributed by atoms with Crippen molar-refractivity contribution in [2.45, 2.75) is 55.7 Å². The standard InChI is InChI=1S/C24H30N2O2S/c1-26(29(27,28)17-18-8-3-2-4-9-18)23-12-7-11-20-19(23)16-22-21-10-5-6-13-24(20,21)14-15-25-22/h2-4,7-9,11-12,21-22,25H,5-6,10,13-17H2,1H3/t21-,22+,24-/m0/s1. The van der Waals surface area contributed by atoms with E-state index in [1.165, 1.54) is 47.5 Å². The zero-order valence-corrected chi connectivity index (χ0v) is 17.9. The van der Waals surface area contributed by atoms with Gasteiger partial charge in [0.25, 0.3) is 0 Å². The quantitative estimate of drug-likeness (QED) is 0.829. The van der Waals surface area contributed by atoms with E-state index in [0.717, 1.165) is 24.2 Å². The molecule has 0 amide bonds. The Labute approximate surface area is 174 Å². The van der Waals surface area contributed by atoms with Crippen molar-refractivity contribution in [3.8, 4) is 0 Å². The lowest BCUT2D eigenvalue weighted by molar-refractivity contribution is 0.0799. The predicted octanol–water partition coefficient (Wildman–Crippen LogP) is 4.00. The molecule has 3 aliphatic rings. The molecular formula is C24H30N2O2S. The summed E-state index contributed by atoms with van der Waals surface area (Å²) in [5, 5.41) is 3.76. The van der Waals surface area contributed by atoms with Crippen LogP contribution in [0, 0.1) is 5.92 Å². The Morgan fingerprint density at radius 3 is 2.72 bits per heavy atom. The maximum Gasteiger partial charge on any atom is 0.239 e. The van der Waals surface area contributed by atoms with Gasteiger partial charge >= 0.3 is 0 Å². The van der Waals surface area contributed by atoms with Crippen molar-refractivity contribution in [3.63, 3.8) is 0 Å². The molecule has 2 bridgehead atoms. The average Bonchev–Trinajstić information content (AvgIpc) is 2.73. The molecular weight excluding hydrogens is 380 g/mol. The van der Waals surface area contributed by atoms with E-state index in [-0.39, 0.29) is 11.2 Å². The first-order valence-corrected chi connectivity index (χ1v) is 12.5. The Hall–Kier alpha value is -1.85. The first kappa shape index (κ1) is 19.1. The van der Waals surface area contributed by atoms with Crippen molar-refractivity contribution < 1.29 is 8.42 Å². The molecule has 2 aliphatic carbocycles. The van der Waals surface area contributed by atoms with Crippen LogP contribution >= 0.6 is 0 Å². The second-order valence-electron chi connectivity index (χ2n) is 9.04. The van der Waals surface area contributed by atoms with Gasteiger partial charge in [0, 0.05) is 18.5 Å². The predicted molar refractivity (Wildman–Crippen MR) is 118 cm³/mol. The molecule has 1 heterocycles. The summed E-state index contributed by atoms with van der Waals surface area (Å²) in [6.45, 7) is 1.08. The first-order chi connectivity index (χ1) is 14.0. The molecule has 0 aromatic heterocycles. The van der Waals surface area contributed by atoms with E-state index in [2.05, 4.69) is 17.4 Å². The normalized spacial score (nSPS) is 28.3. The van der Waals surface area contributed by atoms with Crippen molar-refractivity contribution in [1.29, 1.82) is 0 Å². The highest BCUT2D eigenvalue weighted by atomic mass is 32.2. The average molecular weight is 411 g/mol. The van der Waals surface area contributed by atoms with Crippen molar-refractivity contribution in [3.05, 3.63) is 65.2 Å². The Morgan fingerprint density at radius 1 is 1.07 bits per heavy atom. The van der Waals surface area contributed by atoms with Crippen molar-refractivity contribution in [2.75, 3.05) is 17.9 Å². The van der Waals surface area contributed by atoms with Gasteiger partial charge in [-0.25, -0.2) is 8.42 Å². The van der Waals surface area contributed by atoms with Gasteiger partial charge in [-0.05, 0) is 60.9 Å². The summed E-state index contributed by atoms with van der Waals surface area (Å²) in [5.74, 6) is 0.725. The smallest absolute Gasteiger partial charge is 0.239 e. The molecule has 2 aromatic rings. The summed E-state index contributed by atoms with van der Waals surface area (Å²) in [5.41, 5.74) is 4.62. The van der Waals surface area contributed by atoms with E-state index in [9.17, 15) is 8.42 Å². The maximum atomic E-state index is 13.2. The Kier molecular flexibility index (Phi) is 4.71. The fourth-order valence-electron chi connectivity index (χ4n) is 6.27. The molecule has 1 saturated heterocycles. The number of piperidine rings is 1. The molecule has 4 nitrogen and oxygen atoms in total. The van der Waals surface area contributed by atoms with Crippen LogP contribution in [0.3, 0.4) is 0 Å². The zero-order chi connectivity index (χ0) is 20.1. The van der Waals surface area contributed by atoms with Crippen LogP contribution in [0.15, 0.2) is 48.5 Å². The van der Waals surface area contributed by atoms with E-state index >= 15 is 0 Å². The first-order valence-electron chi connectivity index (χ1n) is 10.9. The van der Waals surface area contributed by atoms with Crippen LogP contribution in [0.4, 0.5) is 5.69 Å². The lowest BCUT2D eigenvalue weighted by Crippen LogP contribution is -2.59. The zero-order valence-electron chi connectivity index (χ0n) is 17.1. The third-order valence-corrected chi connectivity index (χ3v) is 9.35. The molecule has 2 fully saturated rings. The van der Waals surface area contributed by atoms with Crippen LogP contribution in [-0.2, 0) is 27.6 Å². The minimum absolute atomic E-state index is 0.0312. The van der Waals surface area contributed by atoms with E-state index < -0.39 is 10.0 Å². The van der Waals surface area contributed by atoms with Crippen LogP contribution in [0.5, 0.6) is 0 Å². The summed E-state index contributed by atoms with van der Waals surface area (Å²) in [6.07, 6.45) is 7.25. The van der Waals surface area contributed by atoms with Gasteiger partial charge < -0.3 is 5.32 Å². The number of nitrogens with zero attached hydrogens (tertiary/aromatic N) is 1. The minimum Gasteiger partial charge on any atom is -0.313 e. The monoisotopic (exact) mass is 410 g/mol. The SMILES string of the molecule is CN(c1cccc2c1C[C@H]1NCC[C@@]23CCCC[C@@H]13)S(=O)(=O)Cc1ccccc1. The molecule has 0 unspecified atom stereocenters. The van der Waals surface area contributed by atoms with E-state index in [1.54, 1.807) is 7.05 Å². The second-order valence-corrected chi connectivity index (χ2v) is 11.0. The minimum atomic E-state index is -3.44. The topological polar surface area (TPSA) is 49.4 Å². The molecule has 154 valence electrons. The van der Waals surface area contributed by atoms with Gasteiger partial charge in [0.1, 0.15) is 0 Å². The summed E-state index contributed by atoms with van der Waals surface area (Å²) in [7, 11) is -1.72. The summed E-state index contributed by atoms with van der Waals surface area (Å²) < 4.78 is 28.0. The largest absolute Gasteiger partial charge is 0.313 e. The van der Waals surface area contributed by atoms with Gasteiger partial charge in [-0.1, -0.05) is 55.3 Å². The maximum absolute atomic E-state index is 13.2. The number of rotatable bonds is 4. The van der Waals surface area contributed by atoms with Crippen LogP contribution in [-0.4, -0.2) is 28.1 Å². The van der Waals surface area contributed by atoms with Crippen molar-refractivity contribution in [1.82, 2.24) is 5.32 Å². The van der Waals surface area contributed by atoms with Crippen LogP contribution in [0.1, 0.15) is 48.8 Å². The molecule has 0 radical (unpaired) electrons. The van der Waals surface area contributed by atoms with Crippen LogP contribution < -0.4 is 9.62 Å². The second kappa shape index (κ2) is 7.13. The van der Waals surface area contributed by atoms with Gasteiger partial charge in [0.15, 0.2) is 0 Å². The fourth-order valence-corrected chi connectivity index (χ4v) is 7.55. The number of benzene rings is 2. The third-order valence-electron chi connectivity index (χ3n) is 7.62. The highest BCUT2D eigenvalue weighted by Crippen LogP contribution is 2.55. The lowest BCUT2D eigenvalue weighted by atomic mass is 9.52. The molecule has 1 aliphatic heterocycles. The summed E-state index contributed by atoms with van der Waals surface area (Å²) in [6, 6.07) is 16.3. The lowest BCUT2D eigenvalue weighted by Gasteiger charge is -2.56. The summed E-state index contributed by atoms with van der Waals surface area (Å²) >= 11 is 0. The number of hydrogen-bond acceptors (Lipinski definition) is 3. The molecule has 1 saturated carbocycles. The number of nitrogens with one attached hydrogen (secondary N) is 1. The van der Waals surface area contributed by atoms with Crippen LogP contribution in [0.2, 0.25) is 0 Å². The van der Waals surface area contributed by atoms with E-state index in [4.69, 9.17) is 0 Å². The molecule has 3 atom stereocenters.